The molecule has 1 atom stereocenters. The number of pyridine rings is 2. The van der Waals surface area contributed by atoms with E-state index in [-0.39, 0.29) is 22.9 Å². The highest BCUT2D eigenvalue weighted by molar-refractivity contribution is 5.90. The first-order chi connectivity index (χ1) is 17.0. The molecular weight excluding hydrogens is 458 g/mol. The van der Waals surface area contributed by atoms with Crippen molar-refractivity contribution in [2.75, 3.05) is 6.54 Å². The highest BCUT2D eigenvalue weighted by atomic mass is 19.3. The number of rotatable bonds is 4. The number of aromatic amines is 1. The highest BCUT2D eigenvalue weighted by Gasteiger charge is 2.38. The molecule has 0 radical (unpaired) electrons. The molecule has 0 saturated heterocycles. The Morgan fingerprint density at radius 3 is 2.94 bits per heavy atom. The number of alkyl halides is 2. The van der Waals surface area contributed by atoms with Crippen LogP contribution in [0.15, 0.2) is 53.3 Å². The van der Waals surface area contributed by atoms with Crippen LogP contribution in [-0.4, -0.2) is 52.1 Å². The lowest BCUT2D eigenvalue weighted by molar-refractivity contribution is 0.0646. The van der Waals surface area contributed by atoms with Crippen LogP contribution in [0.2, 0.25) is 0 Å². The number of hydrogen-bond donors (Lipinski definition) is 1. The fourth-order valence-electron chi connectivity index (χ4n) is 4.37. The molecule has 0 saturated carbocycles. The van der Waals surface area contributed by atoms with Crippen LogP contribution in [0.3, 0.4) is 0 Å². The van der Waals surface area contributed by atoms with Gasteiger partial charge in [-0.25, -0.2) is 23.3 Å². The van der Waals surface area contributed by atoms with Crippen LogP contribution < -0.4 is 0 Å². The summed E-state index contributed by atoms with van der Waals surface area (Å²) in [6.07, 6.45) is 0.985. The number of nitrogens with zero attached hydrogens (tertiary/aromatic N) is 7. The third kappa shape index (κ3) is 3.54. The lowest BCUT2D eigenvalue weighted by atomic mass is 9.99. The van der Waals surface area contributed by atoms with Crippen molar-refractivity contribution < 1.29 is 18.0 Å². The van der Waals surface area contributed by atoms with Crippen LogP contribution >= 0.6 is 0 Å². The maximum Gasteiger partial charge on any atom is 0.312 e. The number of hydrogen-bond acceptors (Lipinski definition) is 7. The monoisotopic (exact) mass is 476 g/mol. The Bertz CT molecular complexity index is 1560. The van der Waals surface area contributed by atoms with E-state index in [1.54, 1.807) is 30.7 Å². The normalized spacial score (nSPS) is 15.7. The second kappa shape index (κ2) is 8.08. The van der Waals surface area contributed by atoms with Crippen molar-refractivity contribution in [3.63, 3.8) is 0 Å². The van der Waals surface area contributed by atoms with Crippen LogP contribution in [-0.2, 0) is 6.42 Å². The molecule has 0 fully saturated rings. The van der Waals surface area contributed by atoms with E-state index in [1.807, 2.05) is 13.0 Å². The van der Waals surface area contributed by atoms with Gasteiger partial charge in [0.1, 0.15) is 11.7 Å². The number of H-pyrrole nitrogens is 1. The average Bonchev–Trinajstić information content (AvgIpc) is 3.61. The fraction of sp³-hybridized carbons (Fsp3) is 0.217. The molecule has 5 aromatic heterocycles. The van der Waals surface area contributed by atoms with Gasteiger partial charge in [0.05, 0.1) is 23.2 Å². The minimum Gasteiger partial charge on any atom is -0.411 e. The molecule has 0 aromatic carbocycles. The predicted octanol–water partition coefficient (Wildman–Crippen LogP) is 3.54. The second-order valence-corrected chi connectivity index (χ2v) is 8.16. The van der Waals surface area contributed by atoms with Gasteiger partial charge in [-0.15, -0.1) is 10.2 Å². The predicted molar refractivity (Wildman–Crippen MR) is 118 cm³/mol. The number of amides is 1. The van der Waals surface area contributed by atoms with Gasteiger partial charge in [0.15, 0.2) is 0 Å². The molecule has 0 bridgehead atoms. The molecule has 6 rings (SSSR count). The van der Waals surface area contributed by atoms with Crippen molar-refractivity contribution in [2.24, 2.45) is 0 Å². The molecule has 1 aliphatic rings. The zero-order chi connectivity index (χ0) is 24.1. The van der Waals surface area contributed by atoms with E-state index >= 15 is 0 Å². The van der Waals surface area contributed by atoms with Gasteiger partial charge in [0.25, 0.3) is 12.3 Å². The Kier molecular flexibility index (Phi) is 4.87. The van der Waals surface area contributed by atoms with Crippen LogP contribution in [0.25, 0.3) is 17.1 Å². The number of aryl methyl sites for hydroxylation is 1. The average molecular weight is 476 g/mol. The standard InChI is InChI=1S/C23H18F2N8O2/c1-12-4-2-6-15(28-12)21-29-30-22(35-21)23(34)32-9-7-14-18(27-11-26-14)19(32)16-10-17-13(20(24)25)5-3-8-33(17)31-16/h2-6,8,10-11,19-20H,7,9H2,1H3,(H,26,27)/t19-/m1/s1. The second-order valence-electron chi connectivity index (χ2n) is 8.16. The van der Waals surface area contributed by atoms with E-state index in [4.69, 9.17) is 4.42 Å². The fourth-order valence-corrected chi connectivity index (χ4v) is 4.37. The Balaban J connectivity index is 1.41. The third-order valence-electron chi connectivity index (χ3n) is 5.97. The minimum atomic E-state index is -2.67. The van der Waals surface area contributed by atoms with Crippen molar-refractivity contribution in [1.82, 2.24) is 39.7 Å². The molecule has 1 aliphatic heterocycles. The topological polar surface area (TPSA) is 118 Å². The maximum absolute atomic E-state index is 13.6. The summed E-state index contributed by atoms with van der Waals surface area (Å²) in [6, 6.07) is 9.05. The molecule has 10 nitrogen and oxygen atoms in total. The summed E-state index contributed by atoms with van der Waals surface area (Å²) in [7, 11) is 0. The van der Waals surface area contributed by atoms with E-state index in [0.717, 1.165) is 11.4 Å². The van der Waals surface area contributed by atoms with Crippen molar-refractivity contribution in [3.8, 4) is 11.6 Å². The van der Waals surface area contributed by atoms with Gasteiger partial charge in [-0.1, -0.05) is 6.07 Å². The molecule has 0 unspecified atom stereocenters. The van der Waals surface area contributed by atoms with Gasteiger partial charge in [0, 0.05) is 36.1 Å². The van der Waals surface area contributed by atoms with E-state index in [9.17, 15) is 13.6 Å². The van der Waals surface area contributed by atoms with Crippen LogP contribution in [0.4, 0.5) is 8.78 Å². The van der Waals surface area contributed by atoms with Gasteiger partial charge in [0.2, 0.25) is 0 Å². The SMILES string of the molecule is Cc1cccc(-c2nnc(C(=O)N3CCc4[nH]cnc4[C@H]3c3cc4c(C(F)F)cccn4n3)o2)n1. The van der Waals surface area contributed by atoms with Gasteiger partial charge >= 0.3 is 11.8 Å². The first-order valence-electron chi connectivity index (χ1n) is 10.9. The lowest BCUT2D eigenvalue weighted by Gasteiger charge is -2.32. The quantitative estimate of drug-likeness (QED) is 0.422. The lowest BCUT2D eigenvalue weighted by Crippen LogP contribution is -2.41. The molecule has 0 spiro atoms. The van der Waals surface area contributed by atoms with Crippen molar-refractivity contribution in [3.05, 3.63) is 83.2 Å². The van der Waals surface area contributed by atoms with E-state index in [2.05, 4.69) is 30.2 Å². The molecular formula is C23H18F2N8O2. The molecule has 35 heavy (non-hydrogen) atoms. The Morgan fingerprint density at radius 2 is 2.11 bits per heavy atom. The van der Waals surface area contributed by atoms with Crippen molar-refractivity contribution >= 4 is 11.4 Å². The van der Waals surface area contributed by atoms with Crippen molar-refractivity contribution in [1.29, 1.82) is 0 Å². The summed E-state index contributed by atoms with van der Waals surface area (Å²) in [4.78, 5) is 26.9. The Hall–Kier alpha value is -4.48. The number of aromatic nitrogens is 7. The summed E-state index contributed by atoms with van der Waals surface area (Å²) >= 11 is 0. The summed E-state index contributed by atoms with van der Waals surface area (Å²) in [5.74, 6) is -0.592. The number of halogens is 2. The van der Waals surface area contributed by atoms with Crippen LogP contribution in [0, 0.1) is 6.92 Å². The smallest absolute Gasteiger partial charge is 0.312 e. The van der Waals surface area contributed by atoms with Crippen LogP contribution in [0.5, 0.6) is 0 Å². The molecule has 0 aliphatic carbocycles. The maximum atomic E-state index is 13.6. The Labute approximate surface area is 196 Å². The molecule has 6 heterocycles. The first kappa shape index (κ1) is 21.1. The summed E-state index contributed by atoms with van der Waals surface area (Å²) < 4.78 is 34.2. The van der Waals surface area contributed by atoms with Crippen LogP contribution in [0.1, 0.15) is 51.5 Å². The van der Waals surface area contributed by atoms with E-state index in [1.165, 1.54) is 21.5 Å². The molecule has 12 heteroatoms. The Morgan fingerprint density at radius 1 is 1.23 bits per heavy atom. The number of carbonyl (C=O) groups is 1. The summed E-state index contributed by atoms with van der Waals surface area (Å²) in [5, 5.41) is 12.4. The number of fused-ring (bicyclic) bond motifs is 2. The van der Waals surface area contributed by atoms with Gasteiger partial charge in [-0.2, -0.15) is 5.10 Å². The zero-order valence-electron chi connectivity index (χ0n) is 18.4. The zero-order valence-corrected chi connectivity index (χ0v) is 18.4. The number of carbonyl (C=O) groups excluding carboxylic acids is 1. The first-order valence-corrected chi connectivity index (χ1v) is 10.9. The molecule has 1 amide bonds. The molecule has 5 aromatic rings. The highest BCUT2D eigenvalue weighted by Crippen LogP contribution is 2.35. The largest absolute Gasteiger partial charge is 0.411 e. The van der Waals surface area contributed by atoms with E-state index < -0.39 is 18.4 Å². The van der Waals surface area contributed by atoms with Gasteiger partial charge in [-0.3, -0.25) is 4.79 Å². The van der Waals surface area contributed by atoms with Gasteiger partial charge in [-0.05, 0) is 37.3 Å². The molecule has 176 valence electrons. The van der Waals surface area contributed by atoms with Gasteiger partial charge < -0.3 is 14.3 Å². The summed E-state index contributed by atoms with van der Waals surface area (Å²) in [6.45, 7) is 2.15. The van der Waals surface area contributed by atoms with E-state index in [0.29, 0.717) is 30.0 Å². The minimum absolute atomic E-state index is 0.125. The number of nitrogens with one attached hydrogen (secondary N) is 1. The summed E-state index contributed by atoms with van der Waals surface area (Å²) in [5.41, 5.74) is 3.19. The number of imidazole rings is 1. The van der Waals surface area contributed by atoms with Crippen molar-refractivity contribution in [2.45, 2.75) is 25.8 Å². The molecule has 1 N–H and O–H groups in total. The third-order valence-corrected chi connectivity index (χ3v) is 5.97.